The Labute approximate surface area is 78.7 Å². The van der Waals surface area contributed by atoms with E-state index in [1.54, 1.807) is 0 Å². The van der Waals surface area contributed by atoms with Gasteiger partial charge in [-0.1, -0.05) is 5.92 Å². The van der Waals surface area contributed by atoms with E-state index in [0.29, 0.717) is 0 Å². The first kappa shape index (κ1) is 9.99. The fourth-order valence-electron chi connectivity index (χ4n) is 0.807. The molecule has 0 radical (unpaired) electrons. The molecular formula is C9H6F2N2O. The van der Waals surface area contributed by atoms with Crippen LogP contribution in [0.2, 0.25) is 0 Å². The van der Waals surface area contributed by atoms with Crippen LogP contribution in [0.3, 0.4) is 0 Å². The van der Waals surface area contributed by atoms with Crippen molar-refractivity contribution in [1.82, 2.24) is 0 Å². The maximum absolute atomic E-state index is 13.1. The third kappa shape index (κ3) is 1.98. The minimum absolute atomic E-state index is 0.236. The van der Waals surface area contributed by atoms with Crippen molar-refractivity contribution in [2.24, 2.45) is 5.73 Å². The summed E-state index contributed by atoms with van der Waals surface area (Å²) in [4.78, 5) is 10.3. The zero-order chi connectivity index (χ0) is 10.7. The lowest BCUT2D eigenvalue weighted by molar-refractivity contribution is -0.112. The monoisotopic (exact) mass is 196 g/mol. The largest absolute Gasteiger partial charge is 0.396 e. The topological polar surface area (TPSA) is 69.1 Å². The number of hydrogen-bond acceptors (Lipinski definition) is 2. The maximum Gasteiger partial charge on any atom is 0.293 e. The summed E-state index contributed by atoms with van der Waals surface area (Å²) >= 11 is 0. The minimum Gasteiger partial charge on any atom is -0.396 e. The van der Waals surface area contributed by atoms with Crippen molar-refractivity contribution in [2.75, 3.05) is 5.73 Å². The molecule has 14 heavy (non-hydrogen) atoms. The Kier molecular flexibility index (Phi) is 2.67. The lowest BCUT2D eigenvalue weighted by Gasteiger charge is -1.99. The first-order valence-corrected chi connectivity index (χ1v) is 3.57. The van der Waals surface area contributed by atoms with Crippen molar-refractivity contribution >= 4 is 11.6 Å². The molecular weight excluding hydrogens is 190 g/mol. The van der Waals surface area contributed by atoms with Crippen LogP contribution in [0, 0.1) is 23.5 Å². The molecule has 0 aromatic heterocycles. The normalized spacial score (nSPS) is 9.00. The van der Waals surface area contributed by atoms with Gasteiger partial charge in [-0.05, 0) is 12.1 Å². The van der Waals surface area contributed by atoms with E-state index >= 15 is 0 Å². The lowest BCUT2D eigenvalue weighted by atomic mass is 10.2. The van der Waals surface area contributed by atoms with Crippen LogP contribution in [0.15, 0.2) is 12.1 Å². The fraction of sp³-hybridized carbons (Fsp3) is 0. The van der Waals surface area contributed by atoms with E-state index in [1.807, 2.05) is 11.8 Å². The molecule has 0 bridgehead atoms. The molecule has 0 saturated heterocycles. The highest BCUT2D eigenvalue weighted by atomic mass is 19.1. The number of hydrogen-bond donors (Lipinski definition) is 2. The van der Waals surface area contributed by atoms with E-state index in [4.69, 9.17) is 5.73 Å². The van der Waals surface area contributed by atoms with Gasteiger partial charge in [0.2, 0.25) is 0 Å². The molecule has 3 nitrogen and oxygen atoms in total. The molecule has 1 aromatic rings. The molecule has 0 saturated carbocycles. The highest BCUT2D eigenvalue weighted by Crippen LogP contribution is 2.17. The standard InChI is InChI=1S/C9H6F2N2O/c10-6-2-3-7(12)9(11)5(6)1-4-8(13)14/h2-3H,12H2,(H2,13,14). The van der Waals surface area contributed by atoms with E-state index in [0.717, 1.165) is 12.1 Å². The summed E-state index contributed by atoms with van der Waals surface area (Å²) in [6, 6.07) is 2.03. The number of carbonyl (C=O) groups is 1. The number of amides is 1. The van der Waals surface area contributed by atoms with E-state index in [2.05, 4.69) is 5.73 Å². The molecule has 0 aliphatic rings. The molecule has 4 N–H and O–H groups in total. The molecule has 0 atom stereocenters. The molecule has 5 heteroatoms. The second-order valence-electron chi connectivity index (χ2n) is 2.44. The molecule has 0 aliphatic heterocycles. The number of benzene rings is 1. The summed E-state index contributed by atoms with van der Waals surface area (Å²) in [5.41, 5.74) is 9.07. The molecule has 0 fully saturated rings. The van der Waals surface area contributed by atoms with Crippen LogP contribution in [-0.2, 0) is 4.79 Å². The van der Waals surface area contributed by atoms with E-state index in [9.17, 15) is 13.6 Å². The Morgan fingerprint density at radius 3 is 2.57 bits per heavy atom. The predicted octanol–water partition coefficient (Wildman–Crippen LogP) is 0.384. The third-order valence-electron chi connectivity index (χ3n) is 1.43. The highest BCUT2D eigenvalue weighted by molar-refractivity contribution is 5.92. The number of anilines is 1. The number of nitrogen functional groups attached to an aromatic ring is 1. The van der Waals surface area contributed by atoms with Crippen molar-refractivity contribution in [3.63, 3.8) is 0 Å². The molecule has 1 aromatic carbocycles. The molecule has 0 heterocycles. The van der Waals surface area contributed by atoms with Crippen LogP contribution in [0.4, 0.5) is 14.5 Å². The van der Waals surface area contributed by atoms with Crippen molar-refractivity contribution in [2.45, 2.75) is 0 Å². The van der Waals surface area contributed by atoms with Gasteiger partial charge in [-0.3, -0.25) is 4.79 Å². The van der Waals surface area contributed by atoms with Crippen LogP contribution < -0.4 is 11.5 Å². The van der Waals surface area contributed by atoms with Crippen molar-refractivity contribution < 1.29 is 13.6 Å². The Balaban J connectivity index is 3.28. The SMILES string of the molecule is NC(=O)C#Cc1c(F)ccc(N)c1F. The van der Waals surface area contributed by atoms with Crippen LogP contribution in [0.5, 0.6) is 0 Å². The second kappa shape index (κ2) is 3.75. The Morgan fingerprint density at radius 1 is 1.36 bits per heavy atom. The summed E-state index contributed by atoms with van der Waals surface area (Å²) in [7, 11) is 0. The first-order chi connectivity index (χ1) is 6.52. The minimum atomic E-state index is -0.987. The second-order valence-corrected chi connectivity index (χ2v) is 2.44. The maximum atomic E-state index is 13.1. The van der Waals surface area contributed by atoms with Crippen LogP contribution >= 0.6 is 0 Å². The van der Waals surface area contributed by atoms with E-state index < -0.39 is 23.1 Å². The van der Waals surface area contributed by atoms with Crippen LogP contribution in [0.25, 0.3) is 0 Å². The van der Waals surface area contributed by atoms with Gasteiger partial charge in [-0.15, -0.1) is 0 Å². The zero-order valence-electron chi connectivity index (χ0n) is 6.97. The van der Waals surface area contributed by atoms with Crippen molar-refractivity contribution in [3.8, 4) is 11.8 Å². The Morgan fingerprint density at radius 2 is 2.00 bits per heavy atom. The van der Waals surface area contributed by atoms with Gasteiger partial charge in [0.25, 0.3) is 5.91 Å². The van der Waals surface area contributed by atoms with Gasteiger partial charge in [0.15, 0.2) is 5.82 Å². The molecule has 1 amide bonds. The molecule has 1 rings (SSSR count). The Hall–Kier alpha value is -2.09. The van der Waals surface area contributed by atoms with E-state index in [-0.39, 0.29) is 5.69 Å². The van der Waals surface area contributed by atoms with Gasteiger partial charge < -0.3 is 11.5 Å². The number of halogens is 2. The van der Waals surface area contributed by atoms with Crippen LogP contribution in [0.1, 0.15) is 5.56 Å². The quantitative estimate of drug-likeness (QED) is 0.465. The molecule has 72 valence electrons. The third-order valence-corrected chi connectivity index (χ3v) is 1.43. The van der Waals surface area contributed by atoms with Gasteiger partial charge in [0.1, 0.15) is 5.82 Å². The van der Waals surface area contributed by atoms with Gasteiger partial charge in [-0.2, -0.15) is 0 Å². The number of nitrogens with two attached hydrogens (primary N) is 2. The zero-order valence-corrected chi connectivity index (χ0v) is 6.97. The molecule has 0 unspecified atom stereocenters. The summed E-state index contributed by atoms with van der Waals surface area (Å²) in [5, 5.41) is 0. The van der Waals surface area contributed by atoms with Gasteiger partial charge in [0, 0.05) is 5.92 Å². The van der Waals surface area contributed by atoms with Crippen LogP contribution in [-0.4, -0.2) is 5.91 Å². The average Bonchev–Trinajstić information content (AvgIpc) is 2.11. The van der Waals surface area contributed by atoms with Crippen molar-refractivity contribution in [1.29, 1.82) is 0 Å². The predicted molar refractivity (Wildman–Crippen MR) is 46.8 cm³/mol. The van der Waals surface area contributed by atoms with Crippen molar-refractivity contribution in [3.05, 3.63) is 29.3 Å². The summed E-state index contributed by atoms with van der Waals surface area (Å²) in [5.74, 6) is 0.953. The van der Waals surface area contributed by atoms with Gasteiger partial charge in [-0.25, -0.2) is 8.78 Å². The lowest BCUT2D eigenvalue weighted by Crippen LogP contribution is -2.06. The fourth-order valence-corrected chi connectivity index (χ4v) is 0.807. The number of primary amides is 1. The van der Waals surface area contributed by atoms with Gasteiger partial charge >= 0.3 is 0 Å². The summed E-state index contributed by atoms with van der Waals surface area (Å²) < 4.78 is 26.0. The number of carbonyl (C=O) groups excluding carboxylic acids is 1. The van der Waals surface area contributed by atoms with E-state index in [1.165, 1.54) is 0 Å². The smallest absolute Gasteiger partial charge is 0.293 e. The Bertz CT molecular complexity index is 446. The highest BCUT2D eigenvalue weighted by Gasteiger charge is 2.09. The van der Waals surface area contributed by atoms with Gasteiger partial charge in [0.05, 0.1) is 11.3 Å². The number of rotatable bonds is 0. The first-order valence-electron chi connectivity index (χ1n) is 3.57. The average molecular weight is 196 g/mol. The summed E-state index contributed by atoms with van der Waals surface area (Å²) in [6.45, 7) is 0. The molecule has 0 aliphatic carbocycles. The molecule has 0 spiro atoms. The summed E-state index contributed by atoms with van der Waals surface area (Å²) in [6.07, 6.45) is 0.